The highest BCUT2D eigenvalue weighted by atomic mass is 32.2. The fourth-order valence-corrected chi connectivity index (χ4v) is 0.500. The molecule has 0 saturated heterocycles. The first-order valence-electron chi connectivity index (χ1n) is 1.93. The Hall–Kier alpha value is 0.270. The molecule has 0 aromatic carbocycles. The monoisotopic (exact) mass is 106 g/mol. The predicted octanol–water partition coefficient (Wildman–Crippen LogP) is -0.0579. The minimum Gasteiger partial charge on any atom is -0.330 e. The van der Waals surface area contributed by atoms with Crippen molar-refractivity contribution in [3.05, 3.63) is 0 Å². The van der Waals surface area contributed by atoms with Crippen LogP contribution in [-0.2, 0) is 0 Å². The fourth-order valence-electron chi connectivity index (χ4n) is 0.167. The highest BCUT2D eigenvalue weighted by molar-refractivity contribution is 7.97. The van der Waals surface area contributed by atoms with Gasteiger partial charge in [-0.2, -0.15) is 0 Å². The van der Waals surface area contributed by atoms with E-state index in [1.807, 2.05) is 0 Å². The minimum atomic E-state index is 0.754. The highest BCUT2D eigenvalue weighted by Crippen LogP contribution is 1.86. The molecule has 0 spiro atoms. The molecular formula is C3H10N2S. The molecule has 0 atom stereocenters. The van der Waals surface area contributed by atoms with Gasteiger partial charge in [0.15, 0.2) is 0 Å². The van der Waals surface area contributed by atoms with Gasteiger partial charge in [-0.25, -0.2) is 0 Å². The van der Waals surface area contributed by atoms with Gasteiger partial charge in [-0.05, 0) is 13.0 Å². The number of nitrogens with two attached hydrogens (primary N) is 2. The summed E-state index contributed by atoms with van der Waals surface area (Å²) < 4.78 is 0. The Kier molecular flexibility index (Phi) is 5.51. The van der Waals surface area contributed by atoms with Gasteiger partial charge in [0.1, 0.15) is 0 Å². The molecule has 0 aliphatic heterocycles. The second-order valence-electron chi connectivity index (χ2n) is 1.01. The summed E-state index contributed by atoms with van der Waals surface area (Å²) in [7, 11) is 0. The average Bonchev–Trinajstić information content (AvgIpc) is 1.61. The van der Waals surface area contributed by atoms with E-state index in [1.54, 1.807) is 0 Å². The first-order valence-corrected chi connectivity index (χ1v) is 2.98. The van der Waals surface area contributed by atoms with Gasteiger partial charge in [0, 0.05) is 5.75 Å². The number of hydrogen-bond acceptors (Lipinski definition) is 3. The van der Waals surface area contributed by atoms with E-state index < -0.39 is 0 Å². The summed E-state index contributed by atoms with van der Waals surface area (Å²) >= 11 is 1.35. The standard InChI is InChI=1S/C3H10N2S/c4-2-1-3-6-5/h1-5H2. The molecule has 0 amide bonds. The van der Waals surface area contributed by atoms with E-state index in [1.165, 1.54) is 11.9 Å². The molecule has 0 unspecified atom stereocenters. The first-order chi connectivity index (χ1) is 2.91. The van der Waals surface area contributed by atoms with Crippen LogP contribution in [0.4, 0.5) is 0 Å². The normalized spacial score (nSPS) is 9.00. The summed E-state index contributed by atoms with van der Waals surface area (Å²) in [4.78, 5) is 0. The third-order valence-electron chi connectivity index (χ3n) is 0.466. The van der Waals surface area contributed by atoms with Crippen molar-refractivity contribution in [2.45, 2.75) is 6.42 Å². The van der Waals surface area contributed by atoms with E-state index in [0.29, 0.717) is 0 Å². The van der Waals surface area contributed by atoms with E-state index in [4.69, 9.17) is 10.9 Å². The fraction of sp³-hybridized carbons (Fsp3) is 1.00. The van der Waals surface area contributed by atoms with Crippen molar-refractivity contribution in [1.82, 2.24) is 0 Å². The Morgan fingerprint density at radius 1 is 1.50 bits per heavy atom. The molecule has 0 aliphatic carbocycles. The highest BCUT2D eigenvalue weighted by Gasteiger charge is 1.75. The molecule has 0 aromatic rings. The molecule has 0 rings (SSSR count). The van der Waals surface area contributed by atoms with Crippen molar-refractivity contribution in [3.8, 4) is 0 Å². The van der Waals surface area contributed by atoms with Crippen LogP contribution in [-0.4, -0.2) is 12.3 Å². The molecule has 0 radical (unpaired) electrons. The summed E-state index contributed by atoms with van der Waals surface area (Å²) in [6, 6.07) is 0. The van der Waals surface area contributed by atoms with Gasteiger partial charge in [0.2, 0.25) is 0 Å². The average molecular weight is 106 g/mol. The van der Waals surface area contributed by atoms with Crippen LogP contribution < -0.4 is 10.9 Å². The van der Waals surface area contributed by atoms with Crippen molar-refractivity contribution in [2.24, 2.45) is 10.9 Å². The van der Waals surface area contributed by atoms with Gasteiger partial charge in [0.25, 0.3) is 0 Å². The maximum atomic E-state index is 5.15. The molecule has 0 aliphatic rings. The Labute approximate surface area is 42.4 Å². The zero-order valence-electron chi connectivity index (χ0n) is 3.68. The van der Waals surface area contributed by atoms with Crippen LogP contribution in [0.25, 0.3) is 0 Å². The van der Waals surface area contributed by atoms with Crippen LogP contribution in [0.3, 0.4) is 0 Å². The maximum Gasteiger partial charge on any atom is 0.00884 e. The Morgan fingerprint density at radius 2 is 2.17 bits per heavy atom. The van der Waals surface area contributed by atoms with Crippen LogP contribution >= 0.6 is 11.9 Å². The third-order valence-corrected chi connectivity index (χ3v) is 0.991. The Bertz CT molecular complexity index is 20.8. The molecule has 0 aromatic heterocycles. The van der Waals surface area contributed by atoms with Crippen LogP contribution in [0.1, 0.15) is 6.42 Å². The lowest BCUT2D eigenvalue weighted by Crippen LogP contribution is -2.00. The lowest BCUT2D eigenvalue weighted by molar-refractivity contribution is 0.944. The molecule has 3 heteroatoms. The molecule has 0 fully saturated rings. The van der Waals surface area contributed by atoms with E-state index in [-0.39, 0.29) is 0 Å². The minimum absolute atomic E-state index is 0.754. The largest absolute Gasteiger partial charge is 0.330 e. The van der Waals surface area contributed by atoms with Gasteiger partial charge in [-0.1, -0.05) is 11.9 Å². The molecule has 38 valence electrons. The molecule has 4 N–H and O–H groups in total. The lowest BCUT2D eigenvalue weighted by Gasteiger charge is -1.86. The van der Waals surface area contributed by atoms with Gasteiger partial charge in [0.05, 0.1) is 0 Å². The molecule has 0 bridgehead atoms. The summed E-state index contributed by atoms with van der Waals surface area (Å²) in [5.41, 5.74) is 5.15. The topological polar surface area (TPSA) is 52.0 Å². The zero-order chi connectivity index (χ0) is 4.83. The number of rotatable bonds is 3. The van der Waals surface area contributed by atoms with Crippen molar-refractivity contribution < 1.29 is 0 Å². The first kappa shape index (κ1) is 6.27. The van der Waals surface area contributed by atoms with Gasteiger partial charge in [-0.15, -0.1) is 0 Å². The van der Waals surface area contributed by atoms with E-state index in [0.717, 1.165) is 18.7 Å². The van der Waals surface area contributed by atoms with Crippen LogP contribution in [0, 0.1) is 0 Å². The summed E-state index contributed by atoms with van der Waals surface area (Å²) in [6.45, 7) is 0.754. The van der Waals surface area contributed by atoms with Crippen LogP contribution in [0.15, 0.2) is 0 Å². The molecule has 2 nitrogen and oxygen atoms in total. The quantitative estimate of drug-likeness (QED) is 0.391. The van der Waals surface area contributed by atoms with Crippen molar-refractivity contribution >= 4 is 11.9 Å². The van der Waals surface area contributed by atoms with E-state index >= 15 is 0 Å². The molecule has 0 heterocycles. The van der Waals surface area contributed by atoms with Gasteiger partial charge in [-0.3, -0.25) is 5.14 Å². The van der Waals surface area contributed by atoms with E-state index in [9.17, 15) is 0 Å². The van der Waals surface area contributed by atoms with E-state index in [2.05, 4.69) is 0 Å². The summed E-state index contributed by atoms with van der Waals surface area (Å²) in [5, 5.41) is 5.08. The van der Waals surface area contributed by atoms with Crippen molar-refractivity contribution in [1.29, 1.82) is 0 Å². The molecule has 0 saturated carbocycles. The third kappa shape index (κ3) is 4.27. The Balaban J connectivity index is 2.34. The van der Waals surface area contributed by atoms with Gasteiger partial charge < -0.3 is 5.73 Å². The van der Waals surface area contributed by atoms with Crippen LogP contribution in [0.2, 0.25) is 0 Å². The van der Waals surface area contributed by atoms with Crippen molar-refractivity contribution in [2.75, 3.05) is 12.3 Å². The summed E-state index contributed by atoms with van der Waals surface area (Å²) in [6.07, 6.45) is 1.03. The second kappa shape index (κ2) is 5.27. The second-order valence-corrected chi connectivity index (χ2v) is 1.75. The number of hydrogen-bond donors (Lipinski definition) is 2. The lowest BCUT2D eigenvalue weighted by atomic mass is 10.5. The van der Waals surface area contributed by atoms with Crippen molar-refractivity contribution in [3.63, 3.8) is 0 Å². The zero-order valence-corrected chi connectivity index (χ0v) is 4.50. The molecule has 6 heavy (non-hydrogen) atoms. The Morgan fingerprint density at radius 3 is 2.33 bits per heavy atom. The summed E-state index contributed by atoms with van der Waals surface area (Å²) in [5.74, 6) is 0.983. The van der Waals surface area contributed by atoms with Gasteiger partial charge >= 0.3 is 0 Å². The maximum absolute atomic E-state index is 5.15. The SMILES string of the molecule is NCCCSN. The molecular weight excluding hydrogens is 96.1 g/mol. The smallest absolute Gasteiger partial charge is 0.00884 e. The van der Waals surface area contributed by atoms with Crippen LogP contribution in [0.5, 0.6) is 0 Å². The predicted molar refractivity (Wildman–Crippen MR) is 30.3 cm³/mol.